The predicted molar refractivity (Wildman–Crippen MR) is 141 cm³/mol. The molecule has 0 spiro atoms. The van der Waals surface area contributed by atoms with Crippen molar-refractivity contribution in [1.29, 1.82) is 0 Å². The maximum absolute atomic E-state index is 15.0. The fourth-order valence-electron chi connectivity index (χ4n) is 5.27. The highest BCUT2D eigenvalue weighted by Crippen LogP contribution is 2.49. The van der Waals surface area contributed by atoms with Crippen molar-refractivity contribution in [2.45, 2.75) is 58.5 Å². The van der Waals surface area contributed by atoms with Gasteiger partial charge in [0.25, 0.3) is 0 Å². The van der Waals surface area contributed by atoms with Crippen LogP contribution in [0.15, 0.2) is 41.1 Å². The lowest BCUT2D eigenvalue weighted by Crippen LogP contribution is -2.12. The molecule has 1 atom stereocenters. The summed E-state index contributed by atoms with van der Waals surface area (Å²) in [6.45, 7) is 4.31. The van der Waals surface area contributed by atoms with Gasteiger partial charge in [-0.3, -0.25) is 4.79 Å². The topological polar surface area (TPSA) is 94.7 Å². The van der Waals surface area contributed by atoms with Crippen LogP contribution >= 0.6 is 11.6 Å². The molecular formula is C29H30ClFN2O5. The summed E-state index contributed by atoms with van der Waals surface area (Å²) in [7, 11) is 1.53. The van der Waals surface area contributed by atoms with E-state index < -0.39 is 11.8 Å². The maximum Gasteiger partial charge on any atom is 0.303 e. The lowest BCUT2D eigenvalue weighted by Gasteiger charge is -2.23. The number of halogens is 2. The summed E-state index contributed by atoms with van der Waals surface area (Å²) in [5.74, 6) is -0.0807. The third kappa shape index (κ3) is 5.27. The van der Waals surface area contributed by atoms with Crippen LogP contribution < -0.4 is 9.47 Å². The second-order valence-electron chi connectivity index (χ2n) is 10.6. The number of methoxy groups -OCH3 is 1. The number of carbonyl (C=O) groups is 1. The zero-order valence-electron chi connectivity index (χ0n) is 21.6. The number of hydrogen-bond acceptors (Lipinski definition) is 6. The Hall–Kier alpha value is -3.39. The average Bonchev–Trinajstić information content (AvgIpc) is 3.55. The number of allylic oxidation sites excluding steroid dienone is 2. The molecule has 0 bridgehead atoms. The molecule has 0 radical (unpaired) electrons. The van der Waals surface area contributed by atoms with E-state index in [9.17, 15) is 14.3 Å². The van der Waals surface area contributed by atoms with Gasteiger partial charge >= 0.3 is 5.97 Å². The highest BCUT2D eigenvalue weighted by Gasteiger charge is 2.36. The fourth-order valence-corrected chi connectivity index (χ4v) is 5.52. The van der Waals surface area contributed by atoms with Crippen LogP contribution in [-0.4, -0.2) is 28.3 Å². The molecule has 9 heteroatoms. The third-order valence-electron chi connectivity index (χ3n) is 7.50. The number of ether oxygens (including phenoxy) is 2. The van der Waals surface area contributed by atoms with Crippen LogP contribution in [0.3, 0.4) is 0 Å². The van der Waals surface area contributed by atoms with Crippen LogP contribution in [0.1, 0.15) is 68.7 Å². The molecule has 1 saturated carbocycles. The number of carboxylic acids is 1. The zero-order chi connectivity index (χ0) is 27.0. The van der Waals surface area contributed by atoms with Crippen molar-refractivity contribution in [3.05, 3.63) is 64.2 Å². The Balaban J connectivity index is 1.49. The normalized spacial score (nSPS) is 17.2. The molecule has 1 N–H and O–H groups in total. The maximum atomic E-state index is 15.0. The van der Waals surface area contributed by atoms with Gasteiger partial charge in [0.2, 0.25) is 5.88 Å². The Kier molecular flexibility index (Phi) is 7.18. The van der Waals surface area contributed by atoms with Crippen molar-refractivity contribution in [3.8, 4) is 23.0 Å². The third-order valence-corrected chi connectivity index (χ3v) is 7.81. The molecule has 1 aromatic carbocycles. The van der Waals surface area contributed by atoms with Crippen molar-refractivity contribution in [3.63, 3.8) is 0 Å². The molecule has 2 aromatic heterocycles. The van der Waals surface area contributed by atoms with Gasteiger partial charge in [-0.15, -0.1) is 0 Å². The van der Waals surface area contributed by atoms with E-state index in [1.807, 2.05) is 0 Å². The molecule has 2 aliphatic carbocycles. The SMILES string of the molecule is COc1ccc(F)c(-c2onc(COc3cc(C(CC(=O)O)C4CC4)c(Cl)cn3)c2C2=CCCC2(C)C)c1. The standard InChI is InChI=1S/C29H30ClFN2O5/c1-29(2)10-4-5-21(29)27-24(33-38-28(27)20-11-17(36-3)8-9-23(20)31)15-37-25-12-19(22(30)14-32-25)18(13-26(34)35)16-6-7-16/h5,8-9,11-12,14,16,18H,4,6-7,10,13,15H2,1-3H3,(H,34,35). The van der Waals surface area contributed by atoms with E-state index in [0.29, 0.717) is 33.7 Å². The molecule has 200 valence electrons. The van der Waals surface area contributed by atoms with Gasteiger partial charge in [-0.2, -0.15) is 0 Å². The van der Waals surface area contributed by atoms with E-state index >= 15 is 0 Å². The average molecular weight is 541 g/mol. The van der Waals surface area contributed by atoms with E-state index in [0.717, 1.165) is 36.8 Å². The first-order chi connectivity index (χ1) is 18.2. The van der Waals surface area contributed by atoms with Gasteiger partial charge in [0.1, 0.15) is 23.9 Å². The van der Waals surface area contributed by atoms with Crippen molar-refractivity contribution in [1.82, 2.24) is 10.1 Å². The first-order valence-electron chi connectivity index (χ1n) is 12.7. The first-order valence-corrected chi connectivity index (χ1v) is 13.1. The molecule has 3 aromatic rings. The minimum Gasteiger partial charge on any atom is -0.497 e. The van der Waals surface area contributed by atoms with Gasteiger partial charge < -0.3 is 19.1 Å². The van der Waals surface area contributed by atoms with Gasteiger partial charge in [-0.1, -0.05) is 36.7 Å². The molecule has 0 aliphatic heterocycles. The lowest BCUT2D eigenvalue weighted by molar-refractivity contribution is -0.137. The lowest BCUT2D eigenvalue weighted by atomic mass is 9.80. The molecule has 1 unspecified atom stereocenters. The van der Waals surface area contributed by atoms with Crippen LogP contribution in [0, 0.1) is 17.2 Å². The molecule has 1 fully saturated rings. The fraction of sp³-hybridized carbons (Fsp3) is 0.414. The highest BCUT2D eigenvalue weighted by molar-refractivity contribution is 6.31. The molecule has 7 nitrogen and oxygen atoms in total. The Morgan fingerprint density at radius 2 is 2.11 bits per heavy atom. The van der Waals surface area contributed by atoms with Crippen molar-refractivity contribution in [2.75, 3.05) is 7.11 Å². The van der Waals surface area contributed by atoms with E-state index in [4.69, 9.17) is 25.6 Å². The van der Waals surface area contributed by atoms with E-state index in [2.05, 4.69) is 30.1 Å². The quantitative estimate of drug-likeness (QED) is 0.288. The van der Waals surface area contributed by atoms with Gasteiger partial charge in [0, 0.05) is 12.3 Å². The van der Waals surface area contributed by atoms with E-state index in [-0.39, 0.29) is 35.8 Å². The van der Waals surface area contributed by atoms with Crippen molar-refractivity contribution in [2.24, 2.45) is 11.3 Å². The molecule has 5 rings (SSSR count). The largest absolute Gasteiger partial charge is 0.497 e. The van der Waals surface area contributed by atoms with Crippen LogP contribution in [0.2, 0.25) is 5.02 Å². The highest BCUT2D eigenvalue weighted by atomic mass is 35.5. The molecule has 2 heterocycles. The second kappa shape index (κ2) is 10.4. The predicted octanol–water partition coefficient (Wildman–Crippen LogP) is 7.29. The number of hydrogen-bond donors (Lipinski definition) is 1. The summed E-state index contributed by atoms with van der Waals surface area (Å²) < 4.78 is 32.1. The molecule has 2 aliphatic rings. The number of carboxylic acid groups (broad SMARTS) is 1. The van der Waals surface area contributed by atoms with Crippen LogP contribution in [-0.2, 0) is 11.4 Å². The summed E-state index contributed by atoms with van der Waals surface area (Å²) >= 11 is 6.43. The second-order valence-corrected chi connectivity index (χ2v) is 11.0. The number of aliphatic carboxylic acids is 1. The number of aromatic nitrogens is 2. The Morgan fingerprint density at radius 3 is 2.76 bits per heavy atom. The van der Waals surface area contributed by atoms with Crippen LogP contribution in [0.4, 0.5) is 4.39 Å². The van der Waals surface area contributed by atoms with Gasteiger partial charge in [-0.25, -0.2) is 9.37 Å². The molecule has 38 heavy (non-hydrogen) atoms. The summed E-state index contributed by atoms with van der Waals surface area (Å²) in [4.78, 5) is 15.8. The molecule has 0 saturated heterocycles. The monoisotopic (exact) mass is 540 g/mol. The Morgan fingerprint density at radius 1 is 1.32 bits per heavy atom. The smallest absolute Gasteiger partial charge is 0.303 e. The Bertz CT molecular complexity index is 1400. The summed E-state index contributed by atoms with van der Waals surface area (Å²) in [5, 5.41) is 14.1. The van der Waals surface area contributed by atoms with Gasteiger partial charge in [0.15, 0.2) is 5.76 Å². The summed E-state index contributed by atoms with van der Waals surface area (Å²) in [6, 6.07) is 6.22. The number of rotatable bonds is 10. The van der Waals surface area contributed by atoms with Gasteiger partial charge in [-0.05, 0) is 72.3 Å². The van der Waals surface area contributed by atoms with Crippen LogP contribution in [0.25, 0.3) is 16.9 Å². The van der Waals surface area contributed by atoms with Crippen molar-refractivity contribution < 1.29 is 28.3 Å². The first kappa shape index (κ1) is 26.2. The van der Waals surface area contributed by atoms with E-state index in [1.54, 1.807) is 18.2 Å². The van der Waals surface area contributed by atoms with Crippen molar-refractivity contribution >= 4 is 23.1 Å². The number of benzene rings is 1. The number of pyridine rings is 1. The summed E-state index contributed by atoms with van der Waals surface area (Å²) in [6.07, 6.45) is 7.42. The number of nitrogens with zero attached hydrogens (tertiary/aromatic N) is 2. The van der Waals surface area contributed by atoms with E-state index in [1.165, 1.54) is 19.4 Å². The molecule has 0 amide bonds. The zero-order valence-corrected chi connectivity index (χ0v) is 22.3. The minimum atomic E-state index is -0.866. The van der Waals surface area contributed by atoms with Gasteiger partial charge in [0.05, 0.1) is 29.7 Å². The van der Waals surface area contributed by atoms with Crippen LogP contribution in [0.5, 0.6) is 11.6 Å². The minimum absolute atomic E-state index is 0.0000260. The molecular weight excluding hydrogens is 511 g/mol. The Labute approximate surface area is 225 Å². The summed E-state index contributed by atoms with van der Waals surface area (Å²) in [5.41, 5.74) is 3.07.